The van der Waals surface area contributed by atoms with Crippen LogP contribution in [0.15, 0.2) is 42.6 Å². The second-order valence-corrected chi connectivity index (χ2v) is 2.79. The SMILES string of the molecule is Nc1[c]ncc(-c2ccccc2)c1. The molecule has 0 spiro atoms. The number of nitrogens with two attached hydrogens (primary N) is 1. The van der Waals surface area contributed by atoms with E-state index in [1.54, 1.807) is 6.20 Å². The minimum Gasteiger partial charge on any atom is -0.397 e. The summed E-state index contributed by atoms with van der Waals surface area (Å²) in [5.41, 5.74) is 8.29. The number of aromatic nitrogens is 1. The van der Waals surface area contributed by atoms with Crippen LogP contribution in [0.2, 0.25) is 0 Å². The van der Waals surface area contributed by atoms with Crippen molar-refractivity contribution in [3.63, 3.8) is 0 Å². The second-order valence-electron chi connectivity index (χ2n) is 2.79. The lowest BCUT2D eigenvalue weighted by atomic mass is 10.1. The first-order valence-corrected chi connectivity index (χ1v) is 4.05. The first kappa shape index (κ1) is 7.80. The van der Waals surface area contributed by atoms with Gasteiger partial charge in [-0.15, -0.1) is 0 Å². The minimum atomic E-state index is 0.571. The first-order chi connectivity index (χ1) is 6.36. The van der Waals surface area contributed by atoms with Crippen molar-refractivity contribution < 1.29 is 0 Å². The van der Waals surface area contributed by atoms with Crippen molar-refractivity contribution >= 4 is 5.69 Å². The van der Waals surface area contributed by atoms with Gasteiger partial charge in [-0.05, 0) is 11.6 Å². The maximum Gasteiger partial charge on any atom is 0.114 e. The average Bonchev–Trinajstić information content (AvgIpc) is 2.19. The quantitative estimate of drug-likeness (QED) is 0.710. The smallest absolute Gasteiger partial charge is 0.114 e. The molecule has 0 atom stereocenters. The molecule has 0 aliphatic carbocycles. The third-order valence-electron chi connectivity index (χ3n) is 1.82. The van der Waals surface area contributed by atoms with Crippen LogP contribution in [0.4, 0.5) is 5.69 Å². The van der Waals surface area contributed by atoms with Crippen molar-refractivity contribution in [2.75, 3.05) is 5.73 Å². The summed E-state index contributed by atoms with van der Waals surface area (Å²) < 4.78 is 0. The number of nitrogen functional groups attached to an aromatic ring is 1. The van der Waals surface area contributed by atoms with E-state index < -0.39 is 0 Å². The van der Waals surface area contributed by atoms with Gasteiger partial charge in [0.05, 0.1) is 5.69 Å². The highest BCUT2D eigenvalue weighted by molar-refractivity contribution is 5.65. The van der Waals surface area contributed by atoms with E-state index in [1.165, 1.54) is 0 Å². The standard InChI is InChI=1S/C11H9N2/c12-11-6-10(7-13-8-11)9-4-2-1-3-5-9/h1-7H,12H2. The molecule has 1 heterocycles. The lowest BCUT2D eigenvalue weighted by Crippen LogP contribution is -1.87. The highest BCUT2D eigenvalue weighted by Gasteiger charge is 1.96. The van der Waals surface area contributed by atoms with Gasteiger partial charge in [0.1, 0.15) is 6.20 Å². The van der Waals surface area contributed by atoms with Crippen molar-refractivity contribution in [3.8, 4) is 11.1 Å². The molecule has 0 saturated heterocycles. The Bertz CT molecular complexity index is 396. The zero-order valence-electron chi connectivity index (χ0n) is 7.07. The molecule has 63 valence electrons. The molecule has 0 bridgehead atoms. The molecule has 0 aliphatic rings. The highest BCUT2D eigenvalue weighted by atomic mass is 14.7. The molecule has 0 aliphatic heterocycles. The molecular formula is C11H9N2. The van der Waals surface area contributed by atoms with Gasteiger partial charge in [0, 0.05) is 11.8 Å². The maximum atomic E-state index is 5.58. The number of nitrogens with zero attached hydrogens (tertiary/aromatic N) is 1. The van der Waals surface area contributed by atoms with Crippen molar-refractivity contribution in [1.29, 1.82) is 0 Å². The van der Waals surface area contributed by atoms with Crippen LogP contribution in [-0.2, 0) is 0 Å². The van der Waals surface area contributed by atoms with E-state index in [0.29, 0.717) is 5.69 Å². The predicted molar refractivity (Wildman–Crippen MR) is 52.9 cm³/mol. The molecule has 0 fully saturated rings. The van der Waals surface area contributed by atoms with E-state index in [-0.39, 0.29) is 0 Å². The van der Waals surface area contributed by atoms with Gasteiger partial charge >= 0.3 is 0 Å². The molecule has 13 heavy (non-hydrogen) atoms. The van der Waals surface area contributed by atoms with Crippen LogP contribution in [-0.4, -0.2) is 4.98 Å². The Kier molecular flexibility index (Phi) is 1.96. The molecular weight excluding hydrogens is 160 g/mol. The van der Waals surface area contributed by atoms with Crippen LogP contribution in [0.1, 0.15) is 0 Å². The number of hydrogen-bond acceptors (Lipinski definition) is 2. The molecule has 1 radical (unpaired) electrons. The maximum absolute atomic E-state index is 5.58. The van der Waals surface area contributed by atoms with Crippen LogP contribution < -0.4 is 5.73 Å². The van der Waals surface area contributed by atoms with E-state index >= 15 is 0 Å². The molecule has 2 heteroatoms. The van der Waals surface area contributed by atoms with Gasteiger partial charge in [-0.1, -0.05) is 30.3 Å². The number of rotatable bonds is 1. The lowest BCUT2D eigenvalue weighted by molar-refractivity contribution is 1.32. The average molecular weight is 169 g/mol. The minimum absolute atomic E-state index is 0.571. The normalized spacial score (nSPS) is 9.85. The zero-order chi connectivity index (χ0) is 9.10. The molecule has 0 amide bonds. The summed E-state index contributed by atoms with van der Waals surface area (Å²) in [6.07, 6.45) is 4.42. The van der Waals surface area contributed by atoms with E-state index in [2.05, 4.69) is 11.2 Å². The molecule has 1 aromatic heterocycles. The van der Waals surface area contributed by atoms with E-state index in [9.17, 15) is 0 Å². The Morgan fingerprint density at radius 3 is 2.54 bits per heavy atom. The Balaban J connectivity index is 2.48. The highest BCUT2D eigenvalue weighted by Crippen LogP contribution is 2.18. The van der Waals surface area contributed by atoms with Crippen LogP contribution >= 0.6 is 0 Å². The summed E-state index contributed by atoms with van der Waals surface area (Å²) in [6.45, 7) is 0. The van der Waals surface area contributed by atoms with Crippen LogP contribution in [0.25, 0.3) is 11.1 Å². The van der Waals surface area contributed by atoms with Crippen molar-refractivity contribution in [3.05, 3.63) is 48.8 Å². The summed E-state index contributed by atoms with van der Waals surface area (Å²) in [7, 11) is 0. The van der Waals surface area contributed by atoms with Crippen LogP contribution in [0.5, 0.6) is 0 Å². The van der Waals surface area contributed by atoms with Gasteiger partial charge in [-0.25, -0.2) is 0 Å². The van der Waals surface area contributed by atoms with Gasteiger partial charge in [-0.2, -0.15) is 0 Å². The predicted octanol–water partition coefficient (Wildman–Crippen LogP) is 2.13. The Morgan fingerprint density at radius 1 is 1.08 bits per heavy atom. The van der Waals surface area contributed by atoms with Gasteiger partial charge in [0.15, 0.2) is 0 Å². The molecule has 2 nitrogen and oxygen atoms in total. The summed E-state index contributed by atoms with van der Waals surface area (Å²) in [4.78, 5) is 3.91. The summed E-state index contributed by atoms with van der Waals surface area (Å²) in [6, 6.07) is 11.9. The molecule has 0 saturated carbocycles. The van der Waals surface area contributed by atoms with E-state index in [4.69, 9.17) is 5.73 Å². The van der Waals surface area contributed by atoms with Gasteiger partial charge in [0.25, 0.3) is 0 Å². The van der Waals surface area contributed by atoms with Gasteiger partial charge < -0.3 is 5.73 Å². The zero-order valence-corrected chi connectivity index (χ0v) is 7.07. The summed E-state index contributed by atoms with van der Waals surface area (Å²) in [5, 5.41) is 0. The fourth-order valence-corrected chi connectivity index (χ4v) is 1.20. The number of anilines is 1. The molecule has 1 aromatic carbocycles. The Morgan fingerprint density at radius 2 is 1.85 bits per heavy atom. The summed E-state index contributed by atoms with van der Waals surface area (Å²) >= 11 is 0. The summed E-state index contributed by atoms with van der Waals surface area (Å²) in [5.74, 6) is 0. The molecule has 2 rings (SSSR count). The third-order valence-corrected chi connectivity index (χ3v) is 1.82. The molecule has 2 aromatic rings. The lowest BCUT2D eigenvalue weighted by Gasteiger charge is -2.00. The first-order valence-electron chi connectivity index (χ1n) is 4.05. The van der Waals surface area contributed by atoms with Gasteiger partial charge in [0.2, 0.25) is 0 Å². The van der Waals surface area contributed by atoms with Crippen molar-refractivity contribution in [2.24, 2.45) is 0 Å². The molecule has 0 unspecified atom stereocenters. The van der Waals surface area contributed by atoms with Crippen LogP contribution in [0.3, 0.4) is 0 Å². The largest absolute Gasteiger partial charge is 0.397 e. The van der Waals surface area contributed by atoms with Crippen molar-refractivity contribution in [2.45, 2.75) is 0 Å². The molecule has 2 N–H and O–H groups in total. The fourth-order valence-electron chi connectivity index (χ4n) is 1.20. The number of benzene rings is 1. The van der Waals surface area contributed by atoms with E-state index in [1.807, 2.05) is 36.4 Å². The monoisotopic (exact) mass is 169 g/mol. The topological polar surface area (TPSA) is 38.9 Å². The second kappa shape index (κ2) is 3.27. The third kappa shape index (κ3) is 1.67. The van der Waals surface area contributed by atoms with E-state index in [0.717, 1.165) is 11.1 Å². The Hall–Kier alpha value is -1.83. The Labute approximate surface area is 77.0 Å². The van der Waals surface area contributed by atoms with Crippen molar-refractivity contribution in [1.82, 2.24) is 4.98 Å². The van der Waals surface area contributed by atoms with Crippen LogP contribution in [0, 0.1) is 6.20 Å². The van der Waals surface area contributed by atoms with Gasteiger partial charge in [-0.3, -0.25) is 4.98 Å². The fraction of sp³-hybridized carbons (Fsp3) is 0. The number of pyridine rings is 1. The number of hydrogen-bond donors (Lipinski definition) is 1.